The summed E-state index contributed by atoms with van der Waals surface area (Å²) < 4.78 is 1.09. The number of piperidine rings is 1. The lowest BCUT2D eigenvalue weighted by molar-refractivity contribution is -0.136. The van der Waals surface area contributed by atoms with Crippen LogP contribution in [0.15, 0.2) is 23.0 Å². The Morgan fingerprint density at radius 2 is 2.14 bits per heavy atom. The highest BCUT2D eigenvalue weighted by Gasteiger charge is 2.30. The first-order valence-electron chi connectivity index (χ1n) is 6.82. The van der Waals surface area contributed by atoms with E-state index in [9.17, 15) is 14.4 Å². The number of amides is 2. The number of carbonyl (C=O) groups is 2. The van der Waals surface area contributed by atoms with Gasteiger partial charge in [0.15, 0.2) is 0 Å². The third-order valence-corrected chi connectivity index (χ3v) is 3.69. The van der Waals surface area contributed by atoms with E-state index < -0.39 is 11.9 Å². The van der Waals surface area contributed by atoms with E-state index >= 15 is 0 Å². The highest BCUT2D eigenvalue weighted by atomic mass is 16.2. The molecule has 0 spiro atoms. The van der Waals surface area contributed by atoms with Crippen molar-refractivity contribution in [3.8, 4) is 0 Å². The molecule has 1 fully saturated rings. The lowest BCUT2D eigenvalue weighted by atomic mass is 10.1. The fourth-order valence-electron chi connectivity index (χ4n) is 2.58. The molecule has 2 heterocycles. The Kier molecular flexibility index (Phi) is 3.25. The summed E-state index contributed by atoms with van der Waals surface area (Å²) in [7, 11) is 0. The SMILES string of the molecule is CCc1cccc2nnn(C3CCC(=O)NC3=O)c(=O)c12. The van der Waals surface area contributed by atoms with Gasteiger partial charge in [-0.3, -0.25) is 19.7 Å². The van der Waals surface area contributed by atoms with Crippen molar-refractivity contribution in [3.05, 3.63) is 34.1 Å². The fraction of sp³-hybridized carbons (Fsp3) is 0.357. The van der Waals surface area contributed by atoms with Gasteiger partial charge in [0.2, 0.25) is 5.91 Å². The molecule has 0 saturated carbocycles. The van der Waals surface area contributed by atoms with Gasteiger partial charge in [-0.2, -0.15) is 4.68 Å². The van der Waals surface area contributed by atoms with Crippen LogP contribution in [0.4, 0.5) is 0 Å². The summed E-state index contributed by atoms with van der Waals surface area (Å²) >= 11 is 0. The van der Waals surface area contributed by atoms with Crippen LogP contribution in [0.2, 0.25) is 0 Å². The third-order valence-electron chi connectivity index (χ3n) is 3.69. The first-order chi connectivity index (χ1) is 10.1. The molecule has 1 aromatic heterocycles. The van der Waals surface area contributed by atoms with E-state index in [4.69, 9.17) is 0 Å². The Morgan fingerprint density at radius 3 is 2.86 bits per heavy atom. The molecular weight excluding hydrogens is 272 g/mol. The summed E-state index contributed by atoms with van der Waals surface area (Å²) in [4.78, 5) is 35.7. The van der Waals surface area contributed by atoms with Crippen LogP contribution in [0.1, 0.15) is 31.4 Å². The van der Waals surface area contributed by atoms with Gasteiger partial charge in [-0.25, -0.2) is 0 Å². The molecule has 21 heavy (non-hydrogen) atoms. The van der Waals surface area contributed by atoms with Gasteiger partial charge in [-0.05, 0) is 24.5 Å². The van der Waals surface area contributed by atoms with Crippen LogP contribution >= 0.6 is 0 Å². The van der Waals surface area contributed by atoms with Gasteiger partial charge >= 0.3 is 0 Å². The minimum absolute atomic E-state index is 0.192. The Morgan fingerprint density at radius 1 is 1.33 bits per heavy atom. The average molecular weight is 286 g/mol. The normalized spacial score (nSPS) is 18.8. The molecule has 0 bridgehead atoms. The minimum Gasteiger partial charge on any atom is -0.295 e. The number of nitrogens with one attached hydrogen (secondary N) is 1. The summed E-state index contributed by atoms with van der Waals surface area (Å²) in [6.07, 6.45) is 1.14. The molecule has 1 aliphatic rings. The molecular formula is C14H14N4O3. The second-order valence-electron chi connectivity index (χ2n) is 4.97. The van der Waals surface area contributed by atoms with Crippen molar-refractivity contribution < 1.29 is 9.59 Å². The molecule has 7 heteroatoms. The Hall–Kier alpha value is -2.57. The highest BCUT2D eigenvalue weighted by molar-refractivity contribution is 5.99. The van der Waals surface area contributed by atoms with Gasteiger partial charge in [0, 0.05) is 6.42 Å². The maximum absolute atomic E-state index is 12.6. The van der Waals surface area contributed by atoms with Crippen molar-refractivity contribution in [2.45, 2.75) is 32.2 Å². The summed E-state index contributed by atoms with van der Waals surface area (Å²) in [5.41, 5.74) is 1.04. The zero-order valence-corrected chi connectivity index (χ0v) is 11.5. The van der Waals surface area contributed by atoms with Crippen LogP contribution in [0.5, 0.6) is 0 Å². The Labute approximate surface area is 120 Å². The van der Waals surface area contributed by atoms with Gasteiger partial charge in [0.1, 0.15) is 11.6 Å². The van der Waals surface area contributed by atoms with Crippen LogP contribution in [-0.4, -0.2) is 26.8 Å². The molecule has 3 rings (SSSR count). The summed E-state index contributed by atoms with van der Waals surface area (Å²) in [5, 5.41) is 10.6. The average Bonchev–Trinajstić information content (AvgIpc) is 2.48. The zero-order chi connectivity index (χ0) is 15.0. The number of carbonyl (C=O) groups excluding carboxylic acids is 2. The van der Waals surface area contributed by atoms with Gasteiger partial charge in [-0.15, -0.1) is 5.10 Å². The summed E-state index contributed by atoms with van der Waals surface area (Å²) in [6, 6.07) is 4.63. The number of hydrogen-bond acceptors (Lipinski definition) is 5. The lowest BCUT2D eigenvalue weighted by Gasteiger charge is -2.21. The Balaban J connectivity index is 2.16. The van der Waals surface area contributed by atoms with Crippen molar-refractivity contribution in [2.24, 2.45) is 0 Å². The molecule has 1 unspecified atom stereocenters. The van der Waals surface area contributed by atoms with E-state index in [0.717, 1.165) is 10.2 Å². The second kappa shape index (κ2) is 5.08. The zero-order valence-electron chi connectivity index (χ0n) is 11.5. The van der Waals surface area contributed by atoms with Gasteiger partial charge < -0.3 is 0 Å². The van der Waals surface area contributed by atoms with Crippen LogP contribution in [0.25, 0.3) is 10.9 Å². The molecule has 1 aromatic carbocycles. The maximum Gasteiger partial charge on any atom is 0.278 e. The number of hydrogen-bond donors (Lipinski definition) is 1. The van der Waals surface area contributed by atoms with Crippen molar-refractivity contribution in [3.63, 3.8) is 0 Å². The molecule has 1 N–H and O–H groups in total. The van der Waals surface area contributed by atoms with E-state index in [2.05, 4.69) is 15.6 Å². The van der Waals surface area contributed by atoms with Gasteiger partial charge in [0.25, 0.3) is 11.5 Å². The standard InChI is InChI=1S/C14H14N4O3/c1-2-8-4-3-5-9-12(8)14(21)18(17-16-9)10-6-7-11(19)15-13(10)20/h3-5,10H,2,6-7H2,1H3,(H,15,19,20). The van der Waals surface area contributed by atoms with E-state index in [-0.39, 0.29) is 24.3 Å². The molecule has 0 radical (unpaired) electrons. The number of imide groups is 1. The fourth-order valence-corrected chi connectivity index (χ4v) is 2.58. The van der Waals surface area contributed by atoms with E-state index in [1.54, 1.807) is 6.07 Å². The van der Waals surface area contributed by atoms with Crippen LogP contribution in [0, 0.1) is 0 Å². The van der Waals surface area contributed by atoms with E-state index in [1.165, 1.54) is 0 Å². The van der Waals surface area contributed by atoms with Crippen molar-refractivity contribution >= 4 is 22.7 Å². The van der Waals surface area contributed by atoms with Crippen molar-refractivity contribution in [1.29, 1.82) is 0 Å². The second-order valence-corrected chi connectivity index (χ2v) is 4.97. The number of aromatic nitrogens is 3. The molecule has 108 valence electrons. The molecule has 0 aliphatic carbocycles. The monoisotopic (exact) mass is 286 g/mol. The van der Waals surface area contributed by atoms with Crippen molar-refractivity contribution in [2.75, 3.05) is 0 Å². The number of nitrogens with zero attached hydrogens (tertiary/aromatic N) is 3. The Bertz CT molecular complexity index is 796. The predicted molar refractivity (Wildman–Crippen MR) is 74.6 cm³/mol. The number of rotatable bonds is 2. The highest BCUT2D eigenvalue weighted by Crippen LogP contribution is 2.18. The number of fused-ring (bicyclic) bond motifs is 1. The molecule has 7 nitrogen and oxygen atoms in total. The van der Waals surface area contributed by atoms with E-state index in [0.29, 0.717) is 17.3 Å². The summed E-state index contributed by atoms with van der Waals surface area (Å²) in [5.74, 6) is -0.830. The van der Waals surface area contributed by atoms with Crippen LogP contribution < -0.4 is 10.9 Å². The van der Waals surface area contributed by atoms with E-state index in [1.807, 2.05) is 19.1 Å². The quantitative estimate of drug-likeness (QED) is 0.803. The largest absolute Gasteiger partial charge is 0.295 e. The van der Waals surface area contributed by atoms with Gasteiger partial charge in [-0.1, -0.05) is 24.3 Å². The molecule has 2 aromatic rings. The number of benzene rings is 1. The topological polar surface area (TPSA) is 93.9 Å². The molecule has 2 amide bonds. The van der Waals surface area contributed by atoms with Crippen LogP contribution in [0.3, 0.4) is 0 Å². The molecule has 1 aliphatic heterocycles. The first-order valence-corrected chi connectivity index (χ1v) is 6.82. The smallest absolute Gasteiger partial charge is 0.278 e. The molecule has 1 saturated heterocycles. The molecule has 1 atom stereocenters. The maximum atomic E-state index is 12.6. The van der Waals surface area contributed by atoms with Crippen LogP contribution in [-0.2, 0) is 16.0 Å². The predicted octanol–water partition coefficient (Wildman–Crippen LogP) is 0.332. The third kappa shape index (κ3) is 2.20. The van der Waals surface area contributed by atoms with Crippen molar-refractivity contribution in [1.82, 2.24) is 20.3 Å². The first kappa shape index (κ1) is 13.4. The van der Waals surface area contributed by atoms with Gasteiger partial charge in [0.05, 0.1) is 5.39 Å². The number of aryl methyl sites for hydroxylation is 1. The minimum atomic E-state index is -0.781. The lowest BCUT2D eigenvalue weighted by Crippen LogP contribution is -2.45. The summed E-state index contributed by atoms with van der Waals surface area (Å²) in [6.45, 7) is 1.95.